The normalized spacial score (nSPS) is 13.7. The average molecular weight is 571 g/mol. The molecule has 0 radical (unpaired) electrons. The van der Waals surface area contributed by atoms with Crippen LogP contribution in [-0.4, -0.2) is 18.2 Å². The van der Waals surface area contributed by atoms with Gasteiger partial charge < -0.3 is 15.4 Å². The highest BCUT2D eigenvalue weighted by Gasteiger charge is 2.16. The van der Waals surface area contributed by atoms with Gasteiger partial charge in [0.15, 0.2) is 0 Å². The van der Waals surface area contributed by atoms with E-state index in [0.29, 0.717) is 35.4 Å². The third-order valence-corrected chi connectivity index (χ3v) is 6.45. The quantitative estimate of drug-likeness (QED) is 0.234. The first-order valence-electron chi connectivity index (χ1n) is 13.1. The van der Waals surface area contributed by atoms with Crippen LogP contribution in [-0.2, 0) is 11.4 Å². The first-order chi connectivity index (χ1) is 18.8. The van der Waals surface area contributed by atoms with Crippen molar-refractivity contribution in [3.05, 3.63) is 112 Å². The number of hydrogen-bond donors (Lipinski definition) is 2. The number of carbonyl (C=O) groups excluding carboxylic acids is 1. The van der Waals surface area contributed by atoms with Gasteiger partial charge in [-0.25, -0.2) is 0 Å². The van der Waals surface area contributed by atoms with Crippen LogP contribution >= 0.6 is 23.2 Å². The zero-order valence-electron chi connectivity index (χ0n) is 24.0. The summed E-state index contributed by atoms with van der Waals surface area (Å²) in [6.07, 6.45) is 7.27. The number of aryl methyl sites for hydroxylation is 1. The molecule has 0 saturated heterocycles. The zero-order chi connectivity index (χ0) is 29.4. The molecule has 1 aliphatic heterocycles. The minimum absolute atomic E-state index is 0.0146. The molecule has 2 N–H and O–H groups in total. The lowest BCUT2D eigenvalue weighted by Gasteiger charge is -2.20. The van der Waals surface area contributed by atoms with Crippen molar-refractivity contribution >= 4 is 34.8 Å². The molecular weight excluding hydrogens is 529 g/mol. The molecule has 3 rings (SSSR count). The van der Waals surface area contributed by atoms with Crippen molar-refractivity contribution in [2.45, 2.75) is 61.0 Å². The van der Waals surface area contributed by atoms with Gasteiger partial charge in [0.05, 0.1) is 5.02 Å². The van der Waals surface area contributed by atoms with Crippen molar-refractivity contribution in [2.24, 2.45) is 4.99 Å². The highest BCUT2D eigenvalue weighted by Crippen LogP contribution is 2.31. The molecule has 210 valence electrons. The van der Waals surface area contributed by atoms with Crippen LogP contribution in [0.15, 0.2) is 89.9 Å². The Morgan fingerprint density at radius 3 is 2.49 bits per heavy atom. The summed E-state index contributed by atoms with van der Waals surface area (Å²) in [7, 11) is 0. The molecule has 2 aromatic carbocycles. The van der Waals surface area contributed by atoms with Gasteiger partial charge in [-0.2, -0.15) is 0 Å². The molecule has 5 nitrogen and oxygen atoms in total. The molecule has 0 saturated carbocycles. The van der Waals surface area contributed by atoms with Gasteiger partial charge in [-0.15, -0.1) is 13.2 Å². The van der Waals surface area contributed by atoms with E-state index in [1.54, 1.807) is 6.20 Å². The third kappa shape index (κ3) is 10.4. The molecule has 2 aromatic rings. The minimum atomic E-state index is -0.0146. The first-order valence-corrected chi connectivity index (χ1v) is 13.8. The lowest BCUT2D eigenvalue weighted by atomic mass is 10.1. The van der Waals surface area contributed by atoms with E-state index < -0.39 is 0 Å². The number of rotatable bonds is 9. The Morgan fingerprint density at radius 1 is 1.15 bits per heavy atom. The van der Waals surface area contributed by atoms with Crippen molar-refractivity contribution in [3.63, 3.8) is 0 Å². The van der Waals surface area contributed by atoms with Crippen molar-refractivity contribution in [1.29, 1.82) is 0 Å². The second-order valence-corrected chi connectivity index (χ2v) is 9.15. The largest absolute Gasteiger partial charge is 0.487 e. The summed E-state index contributed by atoms with van der Waals surface area (Å²) in [5.74, 6) is 0.627. The molecule has 1 heterocycles. The fraction of sp³-hybridized carbons (Fsp3) is 0.312. The lowest BCUT2D eigenvalue weighted by Crippen LogP contribution is -2.34. The molecule has 1 aliphatic rings. The van der Waals surface area contributed by atoms with E-state index in [0.717, 1.165) is 45.8 Å². The Morgan fingerprint density at radius 2 is 1.85 bits per heavy atom. The van der Waals surface area contributed by atoms with Gasteiger partial charge in [-0.3, -0.25) is 9.79 Å². The van der Waals surface area contributed by atoms with E-state index in [4.69, 9.17) is 27.9 Å². The second kappa shape index (κ2) is 18.1. The average Bonchev–Trinajstić information content (AvgIpc) is 2.95. The highest BCUT2D eigenvalue weighted by atomic mass is 35.5. The van der Waals surface area contributed by atoms with Crippen LogP contribution < -0.4 is 15.4 Å². The Labute approximate surface area is 244 Å². The monoisotopic (exact) mass is 569 g/mol. The number of benzene rings is 2. The van der Waals surface area contributed by atoms with E-state index >= 15 is 0 Å². The Bertz CT molecular complexity index is 1210. The summed E-state index contributed by atoms with van der Waals surface area (Å²) in [4.78, 5) is 16.4. The van der Waals surface area contributed by atoms with Crippen molar-refractivity contribution in [1.82, 2.24) is 10.6 Å². The third-order valence-electron chi connectivity index (χ3n) is 5.80. The summed E-state index contributed by atoms with van der Waals surface area (Å²) >= 11 is 12.8. The maximum Gasteiger partial charge on any atom is 0.248 e. The molecule has 39 heavy (non-hydrogen) atoms. The number of amides is 1. The number of nitrogens with zero attached hydrogens (tertiary/aromatic N) is 1. The molecule has 0 aliphatic carbocycles. The van der Waals surface area contributed by atoms with E-state index in [9.17, 15) is 4.79 Å². The topological polar surface area (TPSA) is 62.7 Å². The fourth-order valence-electron chi connectivity index (χ4n) is 3.66. The van der Waals surface area contributed by atoms with Gasteiger partial charge in [0.25, 0.3) is 0 Å². The predicted octanol–water partition coefficient (Wildman–Crippen LogP) is 8.71. The zero-order valence-corrected chi connectivity index (χ0v) is 25.5. The van der Waals surface area contributed by atoms with E-state index in [-0.39, 0.29) is 5.91 Å². The molecule has 0 spiro atoms. The molecule has 1 amide bonds. The predicted molar refractivity (Wildman–Crippen MR) is 168 cm³/mol. The summed E-state index contributed by atoms with van der Waals surface area (Å²) in [5.41, 5.74) is 6.35. The number of halogens is 2. The Hall–Kier alpha value is -3.28. The van der Waals surface area contributed by atoms with Gasteiger partial charge >= 0.3 is 0 Å². The number of aliphatic imine (C=N–C) groups is 1. The molecule has 7 heteroatoms. The molecule has 0 fully saturated rings. The van der Waals surface area contributed by atoms with Crippen molar-refractivity contribution in [2.75, 3.05) is 6.54 Å². The summed E-state index contributed by atoms with van der Waals surface area (Å²) in [6, 6.07) is 11.5. The number of allylic oxidation sites excluding steroid dienone is 2. The number of nitrogens with one attached hydrogen (secondary N) is 2. The Kier molecular flexibility index (Phi) is 15.7. The minimum Gasteiger partial charge on any atom is -0.487 e. The van der Waals surface area contributed by atoms with Gasteiger partial charge in [0.1, 0.15) is 12.4 Å². The van der Waals surface area contributed by atoms with Crippen LogP contribution in [0.3, 0.4) is 0 Å². The van der Waals surface area contributed by atoms with Crippen LogP contribution in [0.4, 0.5) is 0 Å². The summed E-state index contributed by atoms with van der Waals surface area (Å²) in [5, 5.41) is 7.45. The van der Waals surface area contributed by atoms with Gasteiger partial charge in [0.2, 0.25) is 5.91 Å². The smallest absolute Gasteiger partial charge is 0.248 e. The van der Waals surface area contributed by atoms with Crippen LogP contribution in [0.1, 0.15) is 64.2 Å². The second-order valence-electron chi connectivity index (χ2n) is 8.34. The number of carbonyl (C=O) groups is 1. The molecular formula is C32H41Cl2N3O2. The maximum atomic E-state index is 11.8. The standard InChI is InChI=1S/C28H31Cl2N3O2.C2H6.C2H4/c1-5-23(33-26-12-14-32-28(34)19(26)3)10-8-13-31-20(4)22-15-18(2)27(25(30)16-22)35-17-21-9-6-7-11-24(21)29;2*1-2/h5-9,11,13,15-16,33H,10,12,14,17H2,1-4H3,(H,32,34);1-2H3;1-2H2/b13-8-,23-5-,31-20?;;. The van der Waals surface area contributed by atoms with E-state index in [1.807, 2.05) is 90.1 Å². The van der Waals surface area contributed by atoms with Crippen LogP contribution in [0, 0.1) is 6.92 Å². The molecule has 0 unspecified atom stereocenters. The SMILES string of the molecule is C/C=C(/C/C=C\N=C(C)c1cc(C)c(OCc2ccccc2Cl)c(Cl)c1)NC1=C(C)C(=O)NCC1.C=C.CC. The summed E-state index contributed by atoms with van der Waals surface area (Å²) < 4.78 is 5.97. The number of hydrogen-bond acceptors (Lipinski definition) is 4. The van der Waals surface area contributed by atoms with Crippen LogP contribution in [0.2, 0.25) is 10.0 Å². The van der Waals surface area contributed by atoms with E-state index in [2.05, 4.69) is 28.8 Å². The first kappa shape index (κ1) is 33.7. The molecule has 0 aromatic heterocycles. The summed E-state index contributed by atoms with van der Waals surface area (Å²) in [6.45, 7) is 18.7. The highest BCUT2D eigenvalue weighted by molar-refractivity contribution is 6.32. The Balaban J connectivity index is 0.00000181. The fourth-order valence-corrected chi connectivity index (χ4v) is 4.17. The van der Waals surface area contributed by atoms with Gasteiger partial charge in [-0.05, 0) is 57.0 Å². The van der Waals surface area contributed by atoms with Gasteiger partial charge in [0, 0.05) is 58.9 Å². The molecule has 0 bridgehead atoms. The van der Waals surface area contributed by atoms with E-state index in [1.165, 1.54) is 0 Å². The van der Waals surface area contributed by atoms with Gasteiger partial charge in [-0.1, -0.05) is 67.4 Å². The van der Waals surface area contributed by atoms with Crippen molar-refractivity contribution < 1.29 is 9.53 Å². The lowest BCUT2D eigenvalue weighted by molar-refractivity contribution is -0.117. The molecule has 0 atom stereocenters. The van der Waals surface area contributed by atoms with Crippen LogP contribution in [0.25, 0.3) is 0 Å². The van der Waals surface area contributed by atoms with Crippen molar-refractivity contribution in [3.8, 4) is 5.75 Å². The van der Waals surface area contributed by atoms with Crippen LogP contribution in [0.5, 0.6) is 5.75 Å². The number of ether oxygens (including phenoxy) is 1. The maximum absolute atomic E-state index is 11.8.